The monoisotopic (exact) mass is 335 g/mol. The molecule has 2 bridgehead atoms. The van der Waals surface area contributed by atoms with E-state index < -0.39 is 11.8 Å². The van der Waals surface area contributed by atoms with Crippen molar-refractivity contribution in [2.24, 2.45) is 34.5 Å². The van der Waals surface area contributed by atoms with Gasteiger partial charge in [-0.15, -0.1) is 0 Å². The molecule has 0 amide bonds. The summed E-state index contributed by atoms with van der Waals surface area (Å²) in [4.78, 5) is 26.8. The van der Waals surface area contributed by atoms with Gasteiger partial charge in [-0.1, -0.05) is 31.0 Å². The second kappa shape index (κ2) is 3.19. The molecule has 1 aromatic carbocycles. The Morgan fingerprint density at radius 3 is 2.04 bits per heavy atom. The van der Waals surface area contributed by atoms with E-state index in [2.05, 4.69) is 0 Å². The van der Waals surface area contributed by atoms with Crippen LogP contribution in [0, 0.1) is 34.5 Å². The van der Waals surface area contributed by atoms with Crippen LogP contribution in [-0.4, -0.2) is 13.9 Å². The van der Waals surface area contributed by atoms with Crippen molar-refractivity contribution in [2.75, 3.05) is 0 Å². The maximum Gasteiger partial charge on any atom is 0.352 e. The lowest BCUT2D eigenvalue weighted by molar-refractivity contribution is -0.0241. The van der Waals surface area contributed by atoms with Crippen molar-refractivity contribution < 1.29 is 2.74 Å². The van der Waals surface area contributed by atoms with Gasteiger partial charge < -0.3 is 0 Å². The minimum Gasteiger partial charge on any atom is -0.245 e. The van der Waals surface area contributed by atoms with Crippen molar-refractivity contribution in [1.82, 2.24) is 13.9 Å². The van der Waals surface area contributed by atoms with E-state index in [1.807, 2.05) is 18.2 Å². The summed E-state index contributed by atoms with van der Waals surface area (Å²) in [5.74, 6) is -1.32. The summed E-state index contributed by atoms with van der Waals surface area (Å²) in [6.45, 7) is 0. The van der Waals surface area contributed by atoms with Crippen LogP contribution in [0.25, 0.3) is 5.69 Å². The van der Waals surface area contributed by atoms with E-state index in [0.717, 1.165) is 25.7 Å². The fraction of sp³-hybridized carbons (Fsp3) is 0.600. The van der Waals surface area contributed by atoms with Gasteiger partial charge in [0.1, 0.15) is 0 Å². The Kier molecular flexibility index (Phi) is 1.38. The van der Waals surface area contributed by atoms with Crippen LogP contribution in [0.5, 0.6) is 0 Å². The second-order valence-electron chi connectivity index (χ2n) is 8.85. The van der Waals surface area contributed by atoms with E-state index in [1.54, 1.807) is 21.5 Å². The molecule has 2 spiro atoms. The van der Waals surface area contributed by atoms with E-state index in [4.69, 9.17) is 0 Å². The van der Waals surface area contributed by atoms with Gasteiger partial charge in [0.25, 0.3) is 0 Å². The predicted octanol–water partition coefficient (Wildman–Crippen LogP) is 1.96. The molecule has 6 atom stereocenters. The molecule has 6 unspecified atom stereocenters. The Balaban J connectivity index is 1.49. The number of nitrogens with zero attached hydrogens (tertiary/aromatic N) is 3. The molecule has 0 radical (unpaired) electrons. The molecule has 0 saturated heterocycles. The normalized spacial score (nSPS) is 58.2. The lowest BCUT2D eigenvalue weighted by atomic mass is 9.65. The molecular weight excluding hydrogens is 314 g/mol. The summed E-state index contributed by atoms with van der Waals surface area (Å²) < 4.78 is 23.3. The van der Waals surface area contributed by atoms with Gasteiger partial charge in [0.15, 0.2) is 0 Å². The molecule has 0 N–H and O–H groups in total. The standard InChI is InChI=1S/C20H19N3O2/c24-17-21(10-6-2-1-3-7-10)18(25)23-16-13-11-12(13)15(22(17)23)19-8-4-5-9-20(16,19)14(11)19/h1-3,6-7,11-16H,4-5,8-9H2/i11D,14D. The van der Waals surface area contributed by atoms with Crippen molar-refractivity contribution in [3.63, 3.8) is 0 Å². The lowest BCUT2D eigenvalue weighted by Gasteiger charge is -2.50. The third-order valence-corrected chi connectivity index (χ3v) is 8.54. The SMILES string of the molecule is [2H]C12C3C1C1n4c(=O)n(-c5ccccc5)c(=O)n4C3C34CCCCC13C24[2H]. The molecule has 5 fully saturated rings. The molecule has 25 heavy (non-hydrogen) atoms. The quantitative estimate of drug-likeness (QED) is 0.800. The smallest absolute Gasteiger partial charge is 0.245 e. The van der Waals surface area contributed by atoms with Crippen LogP contribution < -0.4 is 11.4 Å². The van der Waals surface area contributed by atoms with Gasteiger partial charge in [0, 0.05) is 13.6 Å². The van der Waals surface area contributed by atoms with Crippen LogP contribution in [0.15, 0.2) is 39.9 Å². The highest BCUT2D eigenvalue weighted by atomic mass is 16.2. The van der Waals surface area contributed by atoms with Gasteiger partial charge in [0.2, 0.25) is 0 Å². The molecule has 1 aromatic heterocycles. The number of rotatable bonds is 1. The number of hydrogen-bond acceptors (Lipinski definition) is 2. The van der Waals surface area contributed by atoms with Gasteiger partial charge in [-0.2, -0.15) is 0 Å². The third-order valence-electron chi connectivity index (χ3n) is 8.54. The molecule has 9 rings (SSSR count). The van der Waals surface area contributed by atoms with Gasteiger partial charge >= 0.3 is 11.4 Å². The summed E-state index contributed by atoms with van der Waals surface area (Å²) in [6.07, 6.45) is 4.05. The Morgan fingerprint density at radius 1 is 0.920 bits per heavy atom. The van der Waals surface area contributed by atoms with Gasteiger partial charge in [0.05, 0.1) is 17.8 Å². The van der Waals surface area contributed by atoms with Crippen LogP contribution in [0.3, 0.4) is 0 Å². The van der Waals surface area contributed by atoms with Crippen molar-refractivity contribution in [3.05, 3.63) is 51.3 Å². The van der Waals surface area contributed by atoms with Gasteiger partial charge in [-0.25, -0.2) is 23.5 Å². The Hall–Kier alpha value is -2.04. The summed E-state index contributed by atoms with van der Waals surface area (Å²) in [7, 11) is 0. The summed E-state index contributed by atoms with van der Waals surface area (Å²) >= 11 is 0. The largest absolute Gasteiger partial charge is 0.352 e. The summed E-state index contributed by atoms with van der Waals surface area (Å²) in [5.41, 5.74) is -0.445. The minimum atomic E-state index is -0.753. The van der Waals surface area contributed by atoms with Crippen LogP contribution >= 0.6 is 0 Å². The number of benzene rings is 1. The molecule has 5 heteroatoms. The molecule has 5 saturated carbocycles. The van der Waals surface area contributed by atoms with Crippen molar-refractivity contribution in [3.8, 4) is 5.69 Å². The molecule has 2 aliphatic heterocycles. The second-order valence-corrected chi connectivity index (χ2v) is 8.85. The molecule has 2 aromatic rings. The first kappa shape index (κ1) is 10.8. The van der Waals surface area contributed by atoms with Crippen molar-refractivity contribution >= 4 is 0 Å². The fourth-order valence-corrected chi connectivity index (χ4v) is 8.18. The average Bonchev–Trinajstić information content (AvgIpc) is 3.40. The minimum absolute atomic E-state index is 0.0868. The topological polar surface area (TPSA) is 48.9 Å². The molecule has 7 aliphatic rings. The molecule has 5 nitrogen and oxygen atoms in total. The highest BCUT2D eigenvalue weighted by Crippen LogP contribution is 3.04. The maximum atomic E-state index is 13.4. The number of hydrogen-bond donors (Lipinski definition) is 0. The van der Waals surface area contributed by atoms with E-state index in [9.17, 15) is 12.3 Å². The van der Waals surface area contributed by atoms with Crippen molar-refractivity contribution in [2.45, 2.75) is 37.8 Å². The highest BCUT2D eigenvalue weighted by molar-refractivity contribution is 5.49. The Bertz CT molecular complexity index is 1150. The maximum absolute atomic E-state index is 13.4. The average molecular weight is 335 g/mol. The zero-order valence-corrected chi connectivity index (χ0v) is 13.7. The fourth-order valence-electron chi connectivity index (χ4n) is 8.18. The van der Waals surface area contributed by atoms with E-state index >= 15 is 0 Å². The summed E-state index contributed by atoms with van der Waals surface area (Å²) in [6, 6.07) is 8.88. The van der Waals surface area contributed by atoms with Crippen LogP contribution in [0.1, 0.15) is 40.5 Å². The first-order valence-corrected chi connectivity index (χ1v) is 9.52. The molecule has 126 valence electrons. The Morgan fingerprint density at radius 2 is 1.48 bits per heavy atom. The zero-order valence-electron chi connectivity index (χ0n) is 15.7. The van der Waals surface area contributed by atoms with Crippen LogP contribution in [-0.2, 0) is 0 Å². The lowest BCUT2D eigenvalue weighted by Crippen LogP contribution is -2.53. The van der Waals surface area contributed by atoms with Crippen LogP contribution in [0.2, 0.25) is 0 Å². The van der Waals surface area contributed by atoms with Crippen molar-refractivity contribution in [1.29, 1.82) is 0 Å². The van der Waals surface area contributed by atoms with Gasteiger partial charge in [-0.05, 0) is 48.6 Å². The zero-order chi connectivity index (χ0) is 18.1. The van der Waals surface area contributed by atoms with E-state index in [1.165, 1.54) is 4.57 Å². The summed E-state index contributed by atoms with van der Waals surface area (Å²) in [5, 5.41) is 0. The third kappa shape index (κ3) is 0.876. The van der Waals surface area contributed by atoms with E-state index in [0.29, 0.717) is 5.69 Å². The first-order chi connectivity index (χ1) is 13.0. The van der Waals surface area contributed by atoms with Gasteiger partial charge in [-0.3, -0.25) is 0 Å². The number of para-hydroxylation sites is 1. The van der Waals surface area contributed by atoms with Crippen LogP contribution in [0.4, 0.5) is 0 Å². The Labute approximate surface area is 146 Å². The predicted molar refractivity (Wildman–Crippen MR) is 89.7 cm³/mol. The molecule has 3 heterocycles. The van der Waals surface area contributed by atoms with E-state index in [-0.39, 0.29) is 46.1 Å². The highest BCUT2D eigenvalue weighted by Gasteiger charge is 3.02. The molecular formula is C20H19N3O2. The first-order valence-electron chi connectivity index (χ1n) is 10.5. The molecule has 5 aliphatic carbocycles. The number of aromatic nitrogens is 3.